The van der Waals surface area contributed by atoms with E-state index in [9.17, 15) is 13.2 Å². The molecule has 2 unspecified atom stereocenters. The van der Waals surface area contributed by atoms with Gasteiger partial charge < -0.3 is 0 Å². The van der Waals surface area contributed by atoms with Crippen LogP contribution in [-0.4, -0.2) is 24.0 Å². The largest absolute Gasteiger partial charge is 0.297 e. The molecule has 2 heterocycles. The molecule has 20 heavy (non-hydrogen) atoms. The first kappa shape index (κ1) is 13.7. The summed E-state index contributed by atoms with van der Waals surface area (Å²) in [6.07, 6.45) is 6.52. The van der Waals surface area contributed by atoms with Crippen molar-refractivity contribution in [3.05, 3.63) is 46.8 Å². The summed E-state index contributed by atoms with van der Waals surface area (Å²) in [6.45, 7) is 0. The number of hydrogen-bond acceptors (Lipinski definition) is 1. The van der Waals surface area contributed by atoms with Gasteiger partial charge in [0.1, 0.15) is 5.82 Å². The lowest BCUT2D eigenvalue weighted by Crippen LogP contribution is -2.46. The molecule has 2 aliphatic rings. The summed E-state index contributed by atoms with van der Waals surface area (Å²) in [5.74, 6) is -2.68. The third-order valence-electron chi connectivity index (χ3n) is 4.60. The quantitative estimate of drug-likeness (QED) is 0.588. The van der Waals surface area contributed by atoms with E-state index in [1.807, 2.05) is 0 Å². The summed E-state index contributed by atoms with van der Waals surface area (Å²) < 4.78 is 40.7. The minimum atomic E-state index is -1.05. The zero-order valence-electron chi connectivity index (χ0n) is 11.5. The zero-order valence-corrected chi connectivity index (χ0v) is 11.5. The first-order valence-electron chi connectivity index (χ1n) is 7.10. The number of hydrogen-bond donors (Lipinski definition) is 0. The maximum absolute atomic E-state index is 13.7. The molecule has 0 spiro atoms. The van der Waals surface area contributed by atoms with E-state index in [1.54, 1.807) is 0 Å². The zero-order chi connectivity index (χ0) is 14.3. The highest BCUT2D eigenvalue weighted by atomic mass is 19.2. The van der Waals surface area contributed by atoms with Crippen LogP contribution in [0, 0.1) is 17.5 Å². The van der Waals surface area contributed by atoms with E-state index >= 15 is 0 Å². The van der Waals surface area contributed by atoms with Gasteiger partial charge in [-0.05, 0) is 44.9 Å². The van der Waals surface area contributed by atoms with E-state index in [-0.39, 0.29) is 12.0 Å². The SMILES string of the molecule is CN1C2C=C(Cc3c(F)ccc(F)c3F)CC1CCC2. The second kappa shape index (κ2) is 5.24. The van der Waals surface area contributed by atoms with E-state index in [0.29, 0.717) is 12.1 Å². The Morgan fingerprint density at radius 3 is 2.65 bits per heavy atom. The number of likely N-dealkylation sites (N-methyl/N-ethyl adjacent to an activating group) is 1. The first-order chi connectivity index (χ1) is 9.56. The second-order valence-electron chi connectivity index (χ2n) is 5.85. The molecule has 1 aromatic carbocycles. The molecular formula is C16H18F3N. The van der Waals surface area contributed by atoms with Crippen LogP contribution in [0.1, 0.15) is 31.2 Å². The molecule has 1 saturated heterocycles. The van der Waals surface area contributed by atoms with Gasteiger partial charge in [0.05, 0.1) is 0 Å². The summed E-state index contributed by atoms with van der Waals surface area (Å²) in [5.41, 5.74) is 0.889. The lowest BCUT2D eigenvalue weighted by atomic mass is 9.83. The Balaban J connectivity index is 1.87. The van der Waals surface area contributed by atoms with Crippen molar-refractivity contribution < 1.29 is 13.2 Å². The minimum Gasteiger partial charge on any atom is -0.297 e. The molecule has 0 N–H and O–H groups in total. The molecule has 2 atom stereocenters. The van der Waals surface area contributed by atoms with E-state index < -0.39 is 17.5 Å². The Kier molecular flexibility index (Phi) is 3.59. The second-order valence-corrected chi connectivity index (χ2v) is 5.85. The van der Waals surface area contributed by atoms with Crippen LogP contribution in [0.5, 0.6) is 0 Å². The van der Waals surface area contributed by atoms with Crippen LogP contribution in [0.25, 0.3) is 0 Å². The number of benzene rings is 1. The molecule has 3 rings (SSSR count). The van der Waals surface area contributed by atoms with Crippen molar-refractivity contribution in [2.45, 2.75) is 44.2 Å². The van der Waals surface area contributed by atoms with Crippen molar-refractivity contribution >= 4 is 0 Å². The molecule has 2 aliphatic heterocycles. The molecule has 0 aliphatic carbocycles. The van der Waals surface area contributed by atoms with Gasteiger partial charge in [0.2, 0.25) is 0 Å². The molecule has 2 bridgehead atoms. The highest BCUT2D eigenvalue weighted by Gasteiger charge is 2.31. The monoisotopic (exact) mass is 281 g/mol. The van der Waals surface area contributed by atoms with Crippen LogP contribution in [-0.2, 0) is 6.42 Å². The third-order valence-corrected chi connectivity index (χ3v) is 4.60. The number of halogens is 3. The predicted molar refractivity (Wildman–Crippen MR) is 71.9 cm³/mol. The molecule has 4 heteroatoms. The molecule has 1 nitrogen and oxygen atoms in total. The van der Waals surface area contributed by atoms with E-state index in [0.717, 1.165) is 37.0 Å². The first-order valence-corrected chi connectivity index (χ1v) is 7.10. The normalized spacial score (nSPS) is 26.5. The smallest absolute Gasteiger partial charge is 0.165 e. The van der Waals surface area contributed by atoms with Gasteiger partial charge >= 0.3 is 0 Å². The van der Waals surface area contributed by atoms with Crippen molar-refractivity contribution in [1.29, 1.82) is 0 Å². The van der Waals surface area contributed by atoms with Gasteiger partial charge in [-0.2, -0.15) is 0 Å². The van der Waals surface area contributed by atoms with Crippen LogP contribution >= 0.6 is 0 Å². The van der Waals surface area contributed by atoms with Crippen LogP contribution in [0.2, 0.25) is 0 Å². The Morgan fingerprint density at radius 1 is 1.15 bits per heavy atom. The molecule has 0 saturated carbocycles. The summed E-state index contributed by atoms with van der Waals surface area (Å²) in [7, 11) is 2.10. The van der Waals surface area contributed by atoms with Crippen LogP contribution in [0.3, 0.4) is 0 Å². The minimum absolute atomic E-state index is 0.140. The molecule has 1 fully saturated rings. The summed E-state index contributed by atoms with van der Waals surface area (Å²) in [4.78, 5) is 2.34. The van der Waals surface area contributed by atoms with Crippen molar-refractivity contribution in [3.8, 4) is 0 Å². The fourth-order valence-corrected chi connectivity index (χ4v) is 3.42. The molecule has 1 aromatic rings. The van der Waals surface area contributed by atoms with Crippen LogP contribution < -0.4 is 0 Å². The van der Waals surface area contributed by atoms with Crippen molar-refractivity contribution in [2.24, 2.45) is 0 Å². The predicted octanol–water partition coefficient (Wildman–Crippen LogP) is 3.83. The maximum Gasteiger partial charge on any atom is 0.165 e. The van der Waals surface area contributed by atoms with Crippen LogP contribution in [0.15, 0.2) is 23.8 Å². The Labute approximate surface area is 117 Å². The Morgan fingerprint density at radius 2 is 1.90 bits per heavy atom. The van der Waals surface area contributed by atoms with Crippen molar-refractivity contribution in [2.75, 3.05) is 7.05 Å². The maximum atomic E-state index is 13.7. The summed E-state index contributed by atoms with van der Waals surface area (Å²) in [5, 5.41) is 0. The van der Waals surface area contributed by atoms with Gasteiger partial charge in [0.25, 0.3) is 0 Å². The number of fused-ring (bicyclic) bond motifs is 2. The standard InChI is InChI=1S/C16H18F3N/c1-20-11-3-2-4-12(20)8-10(7-11)9-13-14(17)5-6-15(18)16(13)19/h5-7,11-12H,2-4,8-9H2,1H3. The fourth-order valence-electron chi connectivity index (χ4n) is 3.42. The van der Waals surface area contributed by atoms with Gasteiger partial charge in [-0.15, -0.1) is 0 Å². The number of nitrogens with zero attached hydrogens (tertiary/aromatic N) is 1. The Bertz CT molecular complexity index is 553. The topological polar surface area (TPSA) is 3.24 Å². The van der Waals surface area contributed by atoms with Gasteiger partial charge in [-0.1, -0.05) is 18.1 Å². The van der Waals surface area contributed by atoms with Crippen LogP contribution in [0.4, 0.5) is 13.2 Å². The average molecular weight is 281 g/mol. The third kappa shape index (κ3) is 2.37. The molecule has 0 radical (unpaired) electrons. The fraction of sp³-hybridized carbons (Fsp3) is 0.500. The lowest BCUT2D eigenvalue weighted by Gasteiger charge is -2.42. The lowest BCUT2D eigenvalue weighted by molar-refractivity contribution is 0.129. The van der Waals surface area contributed by atoms with E-state index in [4.69, 9.17) is 0 Å². The summed E-state index contributed by atoms with van der Waals surface area (Å²) in [6, 6.07) is 2.65. The highest BCUT2D eigenvalue weighted by molar-refractivity contribution is 5.28. The van der Waals surface area contributed by atoms with Gasteiger partial charge in [0.15, 0.2) is 11.6 Å². The van der Waals surface area contributed by atoms with E-state index in [1.165, 1.54) is 6.42 Å². The molecular weight excluding hydrogens is 263 g/mol. The van der Waals surface area contributed by atoms with Gasteiger partial charge in [0, 0.05) is 17.6 Å². The number of piperidine rings is 1. The Hall–Kier alpha value is -1.29. The summed E-state index contributed by atoms with van der Waals surface area (Å²) >= 11 is 0. The van der Waals surface area contributed by atoms with Crippen molar-refractivity contribution in [1.82, 2.24) is 4.90 Å². The molecule has 0 amide bonds. The van der Waals surface area contributed by atoms with Gasteiger partial charge in [-0.3, -0.25) is 4.90 Å². The van der Waals surface area contributed by atoms with Crippen molar-refractivity contribution in [3.63, 3.8) is 0 Å². The van der Waals surface area contributed by atoms with Gasteiger partial charge in [-0.25, -0.2) is 13.2 Å². The highest BCUT2D eigenvalue weighted by Crippen LogP contribution is 2.33. The average Bonchev–Trinajstić information content (AvgIpc) is 2.40. The molecule has 0 aromatic heterocycles. The number of rotatable bonds is 2. The van der Waals surface area contributed by atoms with E-state index in [2.05, 4.69) is 18.0 Å². The molecule has 108 valence electrons.